The maximum absolute atomic E-state index is 12.4. The minimum atomic E-state index is 0.0376. The number of hydrogen-bond acceptors (Lipinski definition) is 5. The van der Waals surface area contributed by atoms with Crippen molar-refractivity contribution in [3.05, 3.63) is 24.0 Å². The third-order valence-corrected chi connectivity index (χ3v) is 4.05. The molecule has 2 fully saturated rings. The normalized spacial score (nSPS) is 20.6. The molecule has 1 aromatic heterocycles. The molecule has 1 aromatic rings. The van der Waals surface area contributed by atoms with Gasteiger partial charge in [0.05, 0.1) is 18.9 Å². The van der Waals surface area contributed by atoms with E-state index in [4.69, 9.17) is 4.74 Å². The number of rotatable bonds is 3. The lowest BCUT2D eigenvalue weighted by Gasteiger charge is -2.46. The van der Waals surface area contributed by atoms with Crippen LogP contribution < -0.4 is 10.1 Å². The first kappa shape index (κ1) is 13.3. The van der Waals surface area contributed by atoms with Crippen molar-refractivity contribution < 1.29 is 9.53 Å². The zero-order valence-corrected chi connectivity index (χ0v) is 11.7. The molecule has 2 saturated heterocycles. The Morgan fingerprint density at radius 1 is 1.40 bits per heavy atom. The van der Waals surface area contributed by atoms with Crippen LogP contribution in [0.1, 0.15) is 10.4 Å². The molecular formula is C14H20N4O2. The third kappa shape index (κ3) is 2.48. The molecule has 108 valence electrons. The molecule has 6 heteroatoms. The van der Waals surface area contributed by atoms with Crippen LogP contribution in [0.4, 0.5) is 0 Å². The van der Waals surface area contributed by atoms with Crippen molar-refractivity contribution in [1.29, 1.82) is 0 Å². The van der Waals surface area contributed by atoms with Crippen molar-refractivity contribution >= 4 is 5.91 Å². The van der Waals surface area contributed by atoms with Crippen LogP contribution >= 0.6 is 0 Å². The number of hydrogen-bond donors (Lipinski definition) is 1. The van der Waals surface area contributed by atoms with Crippen LogP contribution in [0.5, 0.6) is 5.75 Å². The molecule has 3 heterocycles. The van der Waals surface area contributed by atoms with Crippen molar-refractivity contribution in [3.8, 4) is 5.75 Å². The first-order valence-electron chi connectivity index (χ1n) is 7.01. The van der Waals surface area contributed by atoms with E-state index in [9.17, 15) is 4.79 Å². The van der Waals surface area contributed by atoms with Gasteiger partial charge in [0.2, 0.25) is 0 Å². The van der Waals surface area contributed by atoms with Gasteiger partial charge in [0.1, 0.15) is 5.75 Å². The van der Waals surface area contributed by atoms with Crippen molar-refractivity contribution in [2.24, 2.45) is 0 Å². The van der Waals surface area contributed by atoms with Crippen molar-refractivity contribution in [2.45, 2.75) is 6.04 Å². The molecule has 0 unspecified atom stereocenters. The number of nitrogens with one attached hydrogen (secondary N) is 1. The number of piperazine rings is 1. The van der Waals surface area contributed by atoms with E-state index in [1.807, 2.05) is 4.90 Å². The summed E-state index contributed by atoms with van der Waals surface area (Å²) in [7, 11) is 1.56. The molecule has 20 heavy (non-hydrogen) atoms. The summed E-state index contributed by atoms with van der Waals surface area (Å²) < 4.78 is 5.20. The predicted octanol–water partition coefficient (Wildman–Crippen LogP) is -0.180. The fourth-order valence-corrected chi connectivity index (χ4v) is 2.79. The second-order valence-corrected chi connectivity index (χ2v) is 5.23. The number of pyridine rings is 1. The first-order valence-corrected chi connectivity index (χ1v) is 7.01. The van der Waals surface area contributed by atoms with Gasteiger partial charge >= 0.3 is 0 Å². The zero-order valence-electron chi connectivity index (χ0n) is 11.7. The first-order chi connectivity index (χ1) is 9.79. The molecule has 1 N–H and O–H groups in total. The minimum absolute atomic E-state index is 0.0376. The number of nitrogens with zero attached hydrogens (tertiary/aromatic N) is 3. The summed E-state index contributed by atoms with van der Waals surface area (Å²) in [6.45, 7) is 5.86. The summed E-state index contributed by atoms with van der Waals surface area (Å²) in [6.07, 6.45) is 3.21. The van der Waals surface area contributed by atoms with Crippen molar-refractivity contribution in [3.63, 3.8) is 0 Å². The molecule has 0 bridgehead atoms. The fourth-order valence-electron chi connectivity index (χ4n) is 2.79. The molecule has 2 aliphatic rings. The highest BCUT2D eigenvalue weighted by Crippen LogP contribution is 2.23. The summed E-state index contributed by atoms with van der Waals surface area (Å²) in [5.41, 5.74) is 0.598. The lowest BCUT2D eigenvalue weighted by atomic mass is 10.0. The van der Waals surface area contributed by atoms with E-state index in [0.29, 0.717) is 17.4 Å². The van der Waals surface area contributed by atoms with Crippen LogP contribution in [-0.4, -0.2) is 73.1 Å². The van der Waals surface area contributed by atoms with E-state index in [-0.39, 0.29) is 5.91 Å². The summed E-state index contributed by atoms with van der Waals surface area (Å²) in [6, 6.07) is 2.23. The van der Waals surface area contributed by atoms with E-state index in [1.54, 1.807) is 25.6 Å². The van der Waals surface area contributed by atoms with Crippen LogP contribution in [0.3, 0.4) is 0 Å². The van der Waals surface area contributed by atoms with E-state index in [1.165, 1.54) is 0 Å². The van der Waals surface area contributed by atoms with Crippen LogP contribution in [0.2, 0.25) is 0 Å². The molecule has 6 nitrogen and oxygen atoms in total. The zero-order chi connectivity index (χ0) is 13.9. The van der Waals surface area contributed by atoms with Gasteiger partial charge in [0.15, 0.2) is 0 Å². The Morgan fingerprint density at radius 3 is 2.85 bits per heavy atom. The molecule has 0 spiro atoms. The van der Waals surface area contributed by atoms with E-state index < -0.39 is 0 Å². The number of amides is 1. The van der Waals surface area contributed by atoms with Crippen LogP contribution in [0.25, 0.3) is 0 Å². The number of aromatic nitrogens is 1. The molecule has 0 aromatic carbocycles. The van der Waals surface area contributed by atoms with Crippen molar-refractivity contribution in [2.75, 3.05) is 46.4 Å². The number of likely N-dealkylation sites (tertiary alicyclic amines) is 1. The average molecular weight is 276 g/mol. The third-order valence-electron chi connectivity index (χ3n) is 4.05. The highest BCUT2D eigenvalue weighted by molar-refractivity contribution is 5.97. The second-order valence-electron chi connectivity index (χ2n) is 5.23. The Balaban J connectivity index is 1.60. The van der Waals surface area contributed by atoms with Gasteiger partial charge in [-0.05, 0) is 6.07 Å². The Kier molecular flexibility index (Phi) is 3.84. The Bertz CT molecular complexity index is 482. The molecule has 0 radical (unpaired) electrons. The number of ether oxygens (including phenoxy) is 1. The summed E-state index contributed by atoms with van der Waals surface area (Å²) in [4.78, 5) is 20.7. The highest BCUT2D eigenvalue weighted by atomic mass is 16.5. The lowest BCUT2D eigenvalue weighted by Crippen LogP contribution is -2.63. The topological polar surface area (TPSA) is 57.7 Å². The van der Waals surface area contributed by atoms with Gasteiger partial charge in [-0.25, -0.2) is 0 Å². The summed E-state index contributed by atoms with van der Waals surface area (Å²) in [5, 5.41) is 3.35. The maximum atomic E-state index is 12.4. The van der Waals surface area contributed by atoms with Crippen LogP contribution in [0.15, 0.2) is 18.5 Å². The van der Waals surface area contributed by atoms with Crippen molar-refractivity contribution in [1.82, 2.24) is 20.1 Å². The smallest absolute Gasteiger partial charge is 0.257 e. The molecule has 3 rings (SSSR count). The second kappa shape index (κ2) is 5.76. The number of methoxy groups -OCH3 is 1. The van der Waals surface area contributed by atoms with Gasteiger partial charge in [0, 0.05) is 51.5 Å². The predicted molar refractivity (Wildman–Crippen MR) is 74.9 cm³/mol. The number of carbonyl (C=O) groups excluding carboxylic acids is 1. The van der Waals surface area contributed by atoms with E-state index in [2.05, 4.69) is 15.2 Å². The van der Waals surface area contributed by atoms with Gasteiger partial charge in [0.25, 0.3) is 5.91 Å². The standard InChI is InChI=1S/C14H20N4O2/c1-20-13-8-16-3-2-12(13)14(19)18-9-11(10-18)17-6-4-15-5-7-17/h2-3,8,11,15H,4-7,9-10H2,1H3. The van der Waals surface area contributed by atoms with Gasteiger partial charge in [-0.1, -0.05) is 0 Å². The number of carbonyl (C=O) groups is 1. The molecular weight excluding hydrogens is 256 g/mol. The fraction of sp³-hybridized carbons (Fsp3) is 0.571. The Morgan fingerprint density at radius 2 is 2.15 bits per heavy atom. The molecule has 2 aliphatic heterocycles. The minimum Gasteiger partial charge on any atom is -0.494 e. The molecule has 0 atom stereocenters. The van der Waals surface area contributed by atoms with Crippen LogP contribution in [-0.2, 0) is 0 Å². The van der Waals surface area contributed by atoms with Gasteiger partial charge in [-0.15, -0.1) is 0 Å². The lowest BCUT2D eigenvalue weighted by molar-refractivity contribution is 0.0225. The Labute approximate surface area is 118 Å². The molecule has 0 aliphatic carbocycles. The Hall–Kier alpha value is -1.66. The van der Waals surface area contributed by atoms with Gasteiger partial charge < -0.3 is 15.0 Å². The quantitative estimate of drug-likeness (QED) is 0.830. The molecule has 1 amide bonds. The maximum Gasteiger partial charge on any atom is 0.257 e. The molecule has 0 saturated carbocycles. The monoisotopic (exact) mass is 276 g/mol. The summed E-state index contributed by atoms with van der Waals surface area (Å²) in [5.74, 6) is 0.582. The SMILES string of the molecule is COc1cnccc1C(=O)N1CC(N2CCNCC2)C1. The van der Waals surface area contributed by atoms with Gasteiger partial charge in [-0.2, -0.15) is 0 Å². The summed E-state index contributed by atoms with van der Waals surface area (Å²) >= 11 is 0. The highest BCUT2D eigenvalue weighted by Gasteiger charge is 2.36. The van der Waals surface area contributed by atoms with Gasteiger partial charge in [-0.3, -0.25) is 14.7 Å². The van der Waals surface area contributed by atoms with Crippen LogP contribution in [0, 0.1) is 0 Å². The largest absolute Gasteiger partial charge is 0.494 e. The van der Waals surface area contributed by atoms with E-state index in [0.717, 1.165) is 39.3 Å². The average Bonchev–Trinajstić information content (AvgIpc) is 2.46. The van der Waals surface area contributed by atoms with E-state index >= 15 is 0 Å².